The van der Waals surface area contributed by atoms with Gasteiger partial charge < -0.3 is 10.1 Å². The Morgan fingerprint density at radius 2 is 1.92 bits per heavy atom. The second-order valence-electron chi connectivity index (χ2n) is 5.58. The Kier molecular flexibility index (Phi) is 4.83. The fourth-order valence-electron chi connectivity index (χ4n) is 2.80. The number of ether oxygens (including phenoxy) is 1. The number of benzene rings is 1. The standard InChI is InChI=1S/C18H20N4O3/c1-3-21-14-6-4-5-7-15(14)22(18(21)24)12-16(23)20-11-13-8-9-19-17(10-13)25-2/h4-10H,3,11-12H2,1-2H3,(H,20,23). The Bertz CT molecular complexity index is 958. The molecule has 3 rings (SSSR count). The van der Waals surface area contributed by atoms with Gasteiger partial charge in [-0.1, -0.05) is 12.1 Å². The zero-order valence-corrected chi connectivity index (χ0v) is 14.2. The van der Waals surface area contributed by atoms with E-state index in [4.69, 9.17) is 4.74 Å². The van der Waals surface area contributed by atoms with E-state index in [1.807, 2.05) is 31.2 Å². The summed E-state index contributed by atoms with van der Waals surface area (Å²) in [6, 6.07) is 11.0. The van der Waals surface area contributed by atoms with Crippen molar-refractivity contribution >= 4 is 16.9 Å². The number of hydrogen-bond acceptors (Lipinski definition) is 4. The first-order valence-corrected chi connectivity index (χ1v) is 8.07. The molecule has 3 aromatic rings. The number of aryl methyl sites for hydroxylation is 1. The molecule has 1 amide bonds. The van der Waals surface area contributed by atoms with E-state index < -0.39 is 0 Å². The molecule has 0 fully saturated rings. The van der Waals surface area contributed by atoms with Crippen LogP contribution >= 0.6 is 0 Å². The molecule has 7 nitrogen and oxygen atoms in total. The quantitative estimate of drug-likeness (QED) is 0.738. The molecule has 1 aromatic carbocycles. The van der Waals surface area contributed by atoms with Gasteiger partial charge in [-0.3, -0.25) is 13.9 Å². The number of imidazole rings is 1. The Morgan fingerprint density at radius 1 is 1.20 bits per heavy atom. The van der Waals surface area contributed by atoms with Crippen LogP contribution in [-0.4, -0.2) is 27.1 Å². The molecule has 1 N–H and O–H groups in total. The number of rotatable bonds is 6. The van der Waals surface area contributed by atoms with Gasteiger partial charge >= 0.3 is 5.69 Å². The van der Waals surface area contributed by atoms with Gasteiger partial charge in [-0.25, -0.2) is 9.78 Å². The summed E-state index contributed by atoms with van der Waals surface area (Å²) in [6.45, 7) is 2.80. The van der Waals surface area contributed by atoms with Crippen molar-refractivity contribution in [3.05, 3.63) is 58.6 Å². The van der Waals surface area contributed by atoms with Crippen molar-refractivity contribution in [2.24, 2.45) is 0 Å². The average Bonchev–Trinajstić information content (AvgIpc) is 2.91. The van der Waals surface area contributed by atoms with Gasteiger partial charge in [0, 0.05) is 25.4 Å². The van der Waals surface area contributed by atoms with Crippen LogP contribution in [0.1, 0.15) is 12.5 Å². The van der Waals surface area contributed by atoms with Crippen molar-refractivity contribution < 1.29 is 9.53 Å². The van der Waals surface area contributed by atoms with Crippen LogP contribution in [0.4, 0.5) is 0 Å². The number of pyridine rings is 1. The molecule has 0 aliphatic rings. The minimum atomic E-state index is -0.225. The number of fused-ring (bicyclic) bond motifs is 1. The summed E-state index contributed by atoms with van der Waals surface area (Å²) in [4.78, 5) is 28.9. The van der Waals surface area contributed by atoms with Gasteiger partial charge in [0.1, 0.15) is 6.54 Å². The molecule has 0 spiro atoms. The number of methoxy groups -OCH3 is 1. The Hall–Kier alpha value is -3.09. The highest BCUT2D eigenvalue weighted by Crippen LogP contribution is 2.12. The number of amides is 1. The molecule has 0 radical (unpaired) electrons. The van der Waals surface area contributed by atoms with E-state index in [1.54, 1.807) is 30.0 Å². The van der Waals surface area contributed by atoms with Crippen molar-refractivity contribution in [1.82, 2.24) is 19.4 Å². The van der Waals surface area contributed by atoms with E-state index in [2.05, 4.69) is 10.3 Å². The normalized spacial score (nSPS) is 10.8. The third-order valence-electron chi connectivity index (χ3n) is 4.04. The van der Waals surface area contributed by atoms with Crippen LogP contribution in [0, 0.1) is 0 Å². The second kappa shape index (κ2) is 7.21. The Balaban J connectivity index is 1.76. The fraction of sp³-hybridized carbons (Fsp3) is 0.278. The Morgan fingerprint density at radius 3 is 2.60 bits per heavy atom. The topological polar surface area (TPSA) is 78.2 Å². The highest BCUT2D eigenvalue weighted by molar-refractivity contribution is 5.80. The minimum absolute atomic E-state index is 0.0193. The lowest BCUT2D eigenvalue weighted by atomic mass is 10.2. The van der Waals surface area contributed by atoms with Gasteiger partial charge in [0.2, 0.25) is 11.8 Å². The first-order valence-electron chi connectivity index (χ1n) is 8.07. The van der Waals surface area contributed by atoms with E-state index in [0.717, 1.165) is 16.6 Å². The minimum Gasteiger partial charge on any atom is -0.481 e. The van der Waals surface area contributed by atoms with Crippen molar-refractivity contribution in [2.75, 3.05) is 7.11 Å². The fourth-order valence-corrected chi connectivity index (χ4v) is 2.80. The summed E-state index contributed by atoms with van der Waals surface area (Å²) in [6.07, 6.45) is 1.62. The van der Waals surface area contributed by atoms with E-state index in [9.17, 15) is 9.59 Å². The third-order valence-corrected chi connectivity index (χ3v) is 4.04. The van der Waals surface area contributed by atoms with Crippen LogP contribution in [0.25, 0.3) is 11.0 Å². The van der Waals surface area contributed by atoms with Gasteiger partial charge in [-0.2, -0.15) is 0 Å². The monoisotopic (exact) mass is 340 g/mol. The van der Waals surface area contributed by atoms with Crippen LogP contribution in [0.5, 0.6) is 5.88 Å². The first-order chi connectivity index (χ1) is 12.1. The highest BCUT2D eigenvalue weighted by atomic mass is 16.5. The number of hydrogen-bond donors (Lipinski definition) is 1. The average molecular weight is 340 g/mol. The number of aromatic nitrogens is 3. The van der Waals surface area contributed by atoms with Crippen LogP contribution in [0.15, 0.2) is 47.4 Å². The van der Waals surface area contributed by atoms with E-state index >= 15 is 0 Å². The molecule has 130 valence electrons. The molecule has 0 aliphatic heterocycles. The van der Waals surface area contributed by atoms with Gasteiger partial charge in [0.15, 0.2) is 0 Å². The largest absolute Gasteiger partial charge is 0.481 e. The lowest BCUT2D eigenvalue weighted by Crippen LogP contribution is -2.32. The van der Waals surface area contributed by atoms with Gasteiger partial charge in [-0.05, 0) is 30.7 Å². The molecule has 2 aromatic heterocycles. The lowest BCUT2D eigenvalue weighted by Gasteiger charge is -2.07. The van der Waals surface area contributed by atoms with Crippen LogP contribution in [0.3, 0.4) is 0 Å². The summed E-state index contributed by atoms with van der Waals surface area (Å²) < 4.78 is 8.23. The molecule has 0 atom stereocenters. The number of para-hydroxylation sites is 2. The number of carbonyl (C=O) groups is 1. The first kappa shape index (κ1) is 16.8. The van der Waals surface area contributed by atoms with E-state index in [1.165, 1.54) is 4.57 Å². The van der Waals surface area contributed by atoms with Crippen molar-refractivity contribution in [3.63, 3.8) is 0 Å². The molecule has 0 saturated carbocycles. The number of carbonyl (C=O) groups excluding carboxylic acids is 1. The highest BCUT2D eigenvalue weighted by Gasteiger charge is 2.14. The maximum absolute atomic E-state index is 12.5. The van der Waals surface area contributed by atoms with Crippen LogP contribution < -0.4 is 15.7 Å². The summed E-state index contributed by atoms with van der Waals surface area (Å²) in [7, 11) is 1.54. The molecule has 0 bridgehead atoms. The number of nitrogens with zero attached hydrogens (tertiary/aromatic N) is 3. The molecule has 0 unspecified atom stereocenters. The van der Waals surface area contributed by atoms with E-state index in [0.29, 0.717) is 19.0 Å². The van der Waals surface area contributed by atoms with Crippen molar-refractivity contribution in [2.45, 2.75) is 26.6 Å². The summed E-state index contributed by atoms with van der Waals surface area (Å²) in [5.74, 6) is 0.269. The predicted molar refractivity (Wildman–Crippen MR) is 94.5 cm³/mol. The summed E-state index contributed by atoms with van der Waals surface area (Å²) in [5.41, 5.74) is 2.30. The van der Waals surface area contributed by atoms with Gasteiger partial charge in [0.05, 0.1) is 18.1 Å². The van der Waals surface area contributed by atoms with Crippen LogP contribution in [0.2, 0.25) is 0 Å². The third kappa shape index (κ3) is 3.40. The SMILES string of the molecule is CCn1c(=O)n(CC(=O)NCc2ccnc(OC)c2)c2ccccc21. The van der Waals surface area contributed by atoms with Crippen LogP contribution in [-0.2, 0) is 24.4 Å². The lowest BCUT2D eigenvalue weighted by molar-refractivity contribution is -0.121. The predicted octanol–water partition coefficient (Wildman–Crippen LogP) is 1.54. The molecule has 0 aliphatic carbocycles. The second-order valence-corrected chi connectivity index (χ2v) is 5.58. The van der Waals surface area contributed by atoms with Crippen molar-refractivity contribution in [3.8, 4) is 5.88 Å². The molecular formula is C18H20N4O3. The molecule has 25 heavy (non-hydrogen) atoms. The van der Waals surface area contributed by atoms with Gasteiger partial charge in [-0.15, -0.1) is 0 Å². The maximum atomic E-state index is 12.5. The summed E-state index contributed by atoms with van der Waals surface area (Å²) >= 11 is 0. The summed E-state index contributed by atoms with van der Waals surface area (Å²) in [5, 5.41) is 2.83. The zero-order chi connectivity index (χ0) is 17.8. The van der Waals surface area contributed by atoms with Crippen molar-refractivity contribution in [1.29, 1.82) is 0 Å². The van der Waals surface area contributed by atoms with Gasteiger partial charge in [0.25, 0.3) is 0 Å². The Labute approximate surface area is 144 Å². The molecule has 7 heteroatoms. The smallest absolute Gasteiger partial charge is 0.329 e. The molecule has 2 heterocycles. The number of nitrogens with one attached hydrogen (secondary N) is 1. The molecular weight excluding hydrogens is 320 g/mol. The van der Waals surface area contributed by atoms with E-state index in [-0.39, 0.29) is 18.1 Å². The zero-order valence-electron chi connectivity index (χ0n) is 14.2. The molecule has 0 saturated heterocycles. The maximum Gasteiger partial charge on any atom is 0.329 e.